The predicted octanol–water partition coefficient (Wildman–Crippen LogP) is 4.01. The normalized spacial score (nSPS) is 51.6. The molecule has 3 saturated carbocycles. The topological polar surface area (TPSA) is 57.5 Å². The van der Waals surface area contributed by atoms with Gasteiger partial charge in [-0.1, -0.05) is 19.4 Å². The molecule has 2 bridgehead atoms. The van der Waals surface area contributed by atoms with Crippen molar-refractivity contribution in [2.45, 2.75) is 65.2 Å². The summed E-state index contributed by atoms with van der Waals surface area (Å²) < 4.78 is 0. The summed E-state index contributed by atoms with van der Waals surface area (Å²) in [6, 6.07) is 0. The third kappa shape index (κ3) is 1.89. The van der Waals surface area contributed by atoms with Crippen LogP contribution in [-0.2, 0) is 4.79 Å². The fourth-order valence-electron chi connectivity index (χ4n) is 7.48. The standard InChI is InChI=1S/C20H30O3/c1-18-7-3-8-19(2,17(22)23)15(18)6-9-20-10-13(4-5-16(18)20)14(11-20)12-21/h11,13,15-16,21H,3-10,12H2,1-2H3,(H,22,23)/t13-,15+,16-,18+,19-,20+/m0/s1. The van der Waals surface area contributed by atoms with E-state index in [9.17, 15) is 15.0 Å². The minimum atomic E-state index is -0.587. The van der Waals surface area contributed by atoms with Crippen LogP contribution in [0.5, 0.6) is 0 Å². The maximum atomic E-state index is 12.0. The Morgan fingerprint density at radius 2 is 1.96 bits per heavy atom. The van der Waals surface area contributed by atoms with E-state index in [0.29, 0.717) is 17.8 Å². The quantitative estimate of drug-likeness (QED) is 0.756. The van der Waals surface area contributed by atoms with Gasteiger partial charge in [-0.3, -0.25) is 4.79 Å². The highest BCUT2D eigenvalue weighted by Gasteiger charge is 2.64. The molecule has 0 aliphatic heterocycles. The summed E-state index contributed by atoms with van der Waals surface area (Å²) in [5.41, 5.74) is 1.12. The lowest BCUT2D eigenvalue weighted by atomic mass is 9.41. The molecule has 4 aliphatic carbocycles. The molecule has 23 heavy (non-hydrogen) atoms. The van der Waals surface area contributed by atoms with E-state index in [-0.39, 0.29) is 17.4 Å². The van der Waals surface area contributed by atoms with Crippen molar-refractivity contribution in [3.8, 4) is 0 Å². The molecule has 0 heterocycles. The van der Waals surface area contributed by atoms with Crippen LogP contribution in [-0.4, -0.2) is 22.8 Å². The molecule has 4 aliphatic rings. The summed E-state index contributed by atoms with van der Waals surface area (Å²) in [6.07, 6.45) is 11.3. The zero-order valence-electron chi connectivity index (χ0n) is 14.5. The van der Waals surface area contributed by atoms with E-state index in [0.717, 1.165) is 25.7 Å². The van der Waals surface area contributed by atoms with Gasteiger partial charge in [0, 0.05) is 0 Å². The molecule has 0 amide bonds. The van der Waals surface area contributed by atoms with Crippen LogP contribution < -0.4 is 0 Å². The van der Waals surface area contributed by atoms with Gasteiger partial charge in [0.2, 0.25) is 0 Å². The van der Waals surface area contributed by atoms with E-state index in [4.69, 9.17) is 0 Å². The lowest BCUT2D eigenvalue weighted by molar-refractivity contribution is -0.177. The van der Waals surface area contributed by atoms with Gasteiger partial charge in [-0.05, 0) is 86.0 Å². The van der Waals surface area contributed by atoms with Crippen molar-refractivity contribution in [1.82, 2.24) is 0 Å². The van der Waals surface area contributed by atoms with Crippen molar-refractivity contribution in [2.75, 3.05) is 6.61 Å². The maximum Gasteiger partial charge on any atom is 0.309 e. The number of carboxylic acid groups (broad SMARTS) is 1. The van der Waals surface area contributed by atoms with E-state index in [1.807, 2.05) is 6.92 Å². The lowest BCUT2D eigenvalue weighted by Crippen LogP contribution is -2.58. The Bertz CT molecular complexity index is 567. The van der Waals surface area contributed by atoms with Crippen LogP contribution in [0.15, 0.2) is 11.6 Å². The van der Waals surface area contributed by atoms with Gasteiger partial charge in [0.1, 0.15) is 0 Å². The highest BCUT2D eigenvalue weighted by atomic mass is 16.4. The second kappa shape index (κ2) is 4.84. The van der Waals surface area contributed by atoms with Crippen LogP contribution in [0.2, 0.25) is 0 Å². The largest absolute Gasteiger partial charge is 0.481 e. The number of aliphatic hydroxyl groups excluding tert-OH is 1. The molecule has 3 nitrogen and oxygen atoms in total. The first-order valence-corrected chi connectivity index (χ1v) is 9.42. The van der Waals surface area contributed by atoms with E-state index < -0.39 is 11.4 Å². The minimum absolute atomic E-state index is 0.149. The van der Waals surface area contributed by atoms with Gasteiger partial charge in [-0.2, -0.15) is 0 Å². The Morgan fingerprint density at radius 1 is 1.17 bits per heavy atom. The molecule has 128 valence electrons. The average Bonchev–Trinajstić information content (AvgIpc) is 2.77. The summed E-state index contributed by atoms with van der Waals surface area (Å²) in [6.45, 7) is 4.62. The van der Waals surface area contributed by atoms with Gasteiger partial charge in [0.05, 0.1) is 12.0 Å². The molecule has 3 fully saturated rings. The first-order valence-electron chi connectivity index (χ1n) is 9.42. The smallest absolute Gasteiger partial charge is 0.309 e. The van der Waals surface area contributed by atoms with Crippen molar-refractivity contribution in [3.63, 3.8) is 0 Å². The first kappa shape index (κ1) is 15.7. The second-order valence-electron chi connectivity index (χ2n) is 9.31. The lowest BCUT2D eigenvalue weighted by Gasteiger charge is -2.63. The molecule has 0 aromatic carbocycles. The van der Waals surface area contributed by atoms with Crippen molar-refractivity contribution < 1.29 is 15.0 Å². The maximum absolute atomic E-state index is 12.0. The summed E-state index contributed by atoms with van der Waals surface area (Å²) in [5.74, 6) is 0.912. The summed E-state index contributed by atoms with van der Waals surface area (Å²) in [4.78, 5) is 12.0. The first-order chi connectivity index (χ1) is 10.9. The van der Waals surface area contributed by atoms with E-state index >= 15 is 0 Å². The number of allylic oxidation sites excluding steroid dienone is 1. The van der Waals surface area contributed by atoms with Crippen molar-refractivity contribution in [2.24, 2.45) is 34.0 Å². The second-order valence-corrected chi connectivity index (χ2v) is 9.31. The molecular weight excluding hydrogens is 288 g/mol. The van der Waals surface area contributed by atoms with Gasteiger partial charge >= 0.3 is 5.97 Å². The predicted molar refractivity (Wildman–Crippen MR) is 88.9 cm³/mol. The zero-order chi connectivity index (χ0) is 16.5. The molecule has 0 unspecified atom stereocenters. The van der Waals surface area contributed by atoms with Crippen LogP contribution in [0.4, 0.5) is 0 Å². The Hall–Kier alpha value is -0.830. The molecule has 6 atom stereocenters. The van der Waals surface area contributed by atoms with Crippen LogP contribution in [0.25, 0.3) is 0 Å². The number of aliphatic carboxylic acids is 1. The monoisotopic (exact) mass is 318 g/mol. The number of carboxylic acids is 1. The minimum Gasteiger partial charge on any atom is -0.481 e. The highest BCUT2D eigenvalue weighted by Crippen LogP contribution is 2.70. The van der Waals surface area contributed by atoms with Crippen LogP contribution in [0.1, 0.15) is 65.2 Å². The summed E-state index contributed by atoms with van der Waals surface area (Å²) in [5, 5.41) is 19.6. The Balaban J connectivity index is 1.75. The molecule has 0 radical (unpaired) electrons. The molecule has 2 N–H and O–H groups in total. The Labute approximate surface area is 139 Å². The van der Waals surface area contributed by atoms with Crippen LogP contribution >= 0.6 is 0 Å². The molecule has 1 spiro atoms. The third-order valence-corrected chi connectivity index (χ3v) is 8.46. The molecule has 0 saturated heterocycles. The van der Waals surface area contributed by atoms with Crippen molar-refractivity contribution >= 4 is 5.97 Å². The SMILES string of the molecule is C[C@@]12CCC[C@](C)(C(=O)O)[C@@H]1CC[C@@]13C=C(CO)[C@@H](CC[C@H]12)C3. The Morgan fingerprint density at radius 3 is 2.65 bits per heavy atom. The van der Waals surface area contributed by atoms with E-state index in [1.165, 1.54) is 31.3 Å². The summed E-state index contributed by atoms with van der Waals surface area (Å²) in [7, 11) is 0. The van der Waals surface area contributed by atoms with Crippen molar-refractivity contribution in [3.05, 3.63) is 11.6 Å². The van der Waals surface area contributed by atoms with Gasteiger partial charge < -0.3 is 10.2 Å². The highest BCUT2D eigenvalue weighted by molar-refractivity contribution is 5.75. The van der Waals surface area contributed by atoms with E-state index in [2.05, 4.69) is 13.0 Å². The van der Waals surface area contributed by atoms with E-state index in [1.54, 1.807) is 0 Å². The fourth-order valence-corrected chi connectivity index (χ4v) is 7.48. The number of aliphatic hydroxyl groups is 1. The molecule has 4 rings (SSSR count). The molecule has 0 aromatic heterocycles. The van der Waals surface area contributed by atoms with Gasteiger partial charge in [0.25, 0.3) is 0 Å². The fraction of sp³-hybridized carbons (Fsp3) is 0.850. The average molecular weight is 318 g/mol. The van der Waals surface area contributed by atoms with Crippen LogP contribution in [0, 0.1) is 34.0 Å². The third-order valence-electron chi connectivity index (χ3n) is 8.46. The number of fused-ring (bicyclic) bond motifs is 3. The Kier molecular flexibility index (Phi) is 3.30. The zero-order valence-corrected chi connectivity index (χ0v) is 14.5. The molecular formula is C20H30O3. The number of carbonyl (C=O) groups is 1. The van der Waals surface area contributed by atoms with Gasteiger partial charge in [0.15, 0.2) is 0 Å². The van der Waals surface area contributed by atoms with Crippen LogP contribution in [0.3, 0.4) is 0 Å². The number of hydrogen-bond acceptors (Lipinski definition) is 2. The number of hydrogen-bond donors (Lipinski definition) is 2. The van der Waals surface area contributed by atoms with Gasteiger partial charge in [-0.15, -0.1) is 0 Å². The van der Waals surface area contributed by atoms with Crippen molar-refractivity contribution in [1.29, 1.82) is 0 Å². The molecule has 3 heteroatoms. The van der Waals surface area contributed by atoms with Gasteiger partial charge in [-0.25, -0.2) is 0 Å². The molecule has 0 aromatic rings. The number of rotatable bonds is 2. The summed E-state index contributed by atoms with van der Waals surface area (Å²) >= 11 is 0.